The van der Waals surface area contributed by atoms with Crippen molar-refractivity contribution in [2.75, 3.05) is 0 Å². The predicted octanol–water partition coefficient (Wildman–Crippen LogP) is 4.04. The number of nitrogens with one attached hydrogen (secondary N) is 1. The lowest BCUT2D eigenvalue weighted by molar-refractivity contribution is 0.460. The first-order valence-electron chi connectivity index (χ1n) is 6.03. The lowest BCUT2D eigenvalue weighted by Gasteiger charge is -2.15. The number of aromatic hydroxyl groups is 1. The highest BCUT2D eigenvalue weighted by Gasteiger charge is 2.09. The van der Waals surface area contributed by atoms with Gasteiger partial charge in [-0.15, -0.1) is 0 Å². The van der Waals surface area contributed by atoms with Crippen molar-refractivity contribution >= 4 is 11.6 Å². The standard InChI is InChI=1S/C15H15ClFNO/c1-10(11-4-2-6-13(17)8-11)18-9-12-5-3-7-14(16)15(12)19/h2-8,10,18-19H,9H2,1H3/t10-/m1/s1. The molecule has 0 spiro atoms. The van der Waals surface area contributed by atoms with Crippen LogP contribution in [-0.4, -0.2) is 5.11 Å². The summed E-state index contributed by atoms with van der Waals surface area (Å²) < 4.78 is 13.1. The van der Waals surface area contributed by atoms with Crippen LogP contribution in [0.1, 0.15) is 24.1 Å². The highest BCUT2D eigenvalue weighted by Crippen LogP contribution is 2.27. The molecule has 0 amide bonds. The maximum absolute atomic E-state index is 13.1. The van der Waals surface area contributed by atoms with Crippen molar-refractivity contribution < 1.29 is 9.50 Å². The van der Waals surface area contributed by atoms with Gasteiger partial charge in [0.15, 0.2) is 0 Å². The number of hydrogen-bond donors (Lipinski definition) is 2. The van der Waals surface area contributed by atoms with Crippen molar-refractivity contribution in [3.05, 3.63) is 64.4 Å². The first-order valence-corrected chi connectivity index (χ1v) is 6.41. The van der Waals surface area contributed by atoms with Gasteiger partial charge in [0.05, 0.1) is 5.02 Å². The molecule has 2 rings (SSSR count). The van der Waals surface area contributed by atoms with Gasteiger partial charge in [-0.05, 0) is 30.7 Å². The van der Waals surface area contributed by atoms with Gasteiger partial charge < -0.3 is 10.4 Å². The van der Waals surface area contributed by atoms with Crippen molar-refractivity contribution in [3.63, 3.8) is 0 Å². The molecule has 0 heterocycles. The zero-order valence-electron chi connectivity index (χ0n) is 10.5. The largest absolute Gasteiger partial charge is 0.506 e. The second-order valence-electron chi connectivity index (χ2n) is 4.41. The third kappa shape index (κ3) is 3.46. The van der Waals surface area contributed by atoms with Gasteiger partial charge in [0.2, 0.25) is 0 Å². The van der Waals surface area contributed by atoms with Crippen LogP contribution < -0.4 is 5.32 Å². The summed E-state index contributed by atoms with van der Waals surface area (Å²) in [6.45, 7) is 2.40. The molecule has 0 radical (unpaired) electrons. The molecule has 2 aromatic carbocycles. The smallest absolute Gasteiger partial charge is 0.138 e. The Bertz CT molecular complexity index is 574. The van der Waals surface area contributed by atoms with Crippen LogP contribution in [0.25, 0.3) is 0 Å². The van der Waals surface area contributed by atoms with Gasteiger partial charge in [0.25, 0.3) is 0 Å². The fraction of sp³-hybridized carbons (Fsp3) is 0.200. The molecule has 0 aromatic heterocycles. The predicted molar refractivity (Wildman–Crippen MR) is 74.8 cm³/mol. The Morgan fingerprint density at radius 2 is 2.00 bits per heavy atom. The van der Waals surface area contributed by atoms with Crippen molar-refractivity contribution in [3.8, 4) is 5.75 Å². The molecule has 0 fully saturated rings. The van der Waals surface area contributed by atoms with E-state index in [0.717, 1.165) is 11.1 Å². The minimum absolute atomic E-state index is 0.0194. The minimum Gasteiger partial charge on any atom is -0.506 e. The molecular weight excluding hydrogens is 265 g/mol. The zero-order chi connectivity index (χ0) is 13.8. The highest BCUT2D eigenvalue weighted by atomic mass is 35.5. The van der Waals surface area contributed by atoms with Crippen LogP contribution in [-0.2, 0) is 6.54 Å². The van der Waals surface area contributed by atoms with Crippen molar-refractivity contribution in [2.45, 2.75) is 19.5 Å². The molecule has 19 heavy (non-hydrogen) atoms. The summed E-state index contributed by atoms with van der Waals surface area (Å²) in [6.07, 6.45) is 0. The van der Waals surface area contributed by atoms with Gasteiger partial charge in [0.1, 0.15) is 11.6 Å². The molecule has 1 atom stereocenters. The summed E-state index contributed by atoms with van der Waals surface area (Å²) in [5.74, 6) is -0.167. The molecule has 0 saturated heterocycles. The average Bonchev–Trinajstić information content (AvgIpc) is 2.40. The molecule has 0 aliphatic heterocycles. The Kier molecular flexibility index (Phi) is 4.40. The summed E-state index contributed by atoms with van der Waals surface area (Å²) >= 11 is 5.84. The Labute approximate surface area is 116 Å². The maximum Gasteiger partial charge on any atom is 0.138 e. The van der Waals surface area contributed by atoms with E-state index in [-0.39, 0.29) is 17.6 Å². The maximum atomic E-state index is 13.1. The highest BCUT2D eigenvalue weighted by molar-refractivity contribution is 6.32. The van der Waals surface area contributed by atoms with E-state index in [2.05, 4.69) is 5.32 Å². The minimum atomic E-state index is -0.253. The number of para-hydroxylation sites is 1. The summed E-state index contributed by atoms with van der Waals surface area (Å²) in [5.41, 5.74) is 1.58. The van der Waals surface area contributed by atoms with Gasteiger partial charge in [-0.3, -0.25) is 0 Å². The number of hydrogen-bond acceptors (Lipinski definition) is 2. The molecule has 2 aromatic rings. The normalized spacial score (nSPS) is 12.4. The Morgan fingerprint density at radius 1 is 1.26 bits per heavy atom. The van der Waals surface area contributed by atoms with Crippen molar-refractivity contribution in [1.29, 1.82) is 0 Å². The number of benzene rings is 2. The van der Waals surface area contributed by atoms with E-state index in [1.165, 1.54) is 12.1 Å². The van der Waals surface area contributed by atoms with Gasteiger partial charge in [-0.2, -0.15) is 0 Å². The molecule has 4 heteroatoms. The fourth-order valence-corrected chi connectivity index (χ4v) is 2.05. The van der Waals surface area contributed by atoms with Crippen LogP contribution in [0, 0.1) is 5.82 Å². The van der Waals surface area contributed by atoms with E-state index < -0.39 is 0 Å². The fourth-order valence-electron chi connectivity index (χ4n) is 1.86. The van der Waals surface area contributed by atoms with E-state index in [0.29, 0.717) is 11.6 Å². The molecule has 100 valence electrons. The first-order chi connectivity index (χ1) is 9.08. The topological polar surface area (TPSA) is 32.3 Å². The molecule has 0 unspecified atom stereocenters. The second-order valence-corrected chi connectivity index (χ2v) is 4.81. The Morgan fingerprint density at radius 3 is 2.74 bits per heavy atom. The third-order valence-electron chi connectivity index (χ3n) is 3.02. The summed E-state index contributed by atoms with van der Waals surface area (Å²) in [4.78, 5) is 0. The van der Waals surface area contributed by atoms with E-state index in [1.807, 2.05) is 13.0 Å². The number of phenols is 1. The van der Waals surface area contributed by atoms with Gasteiger partial charge >= 0.3 is 0 Å². The molecular formula is C15H15ClFNO. The summed E-state index contributed by atoms with van der Waals surface area (Å²) in [7, 11) is 0. The van der Waals surface area contributed by atoms with Gasteiger partial charge in [0, 0.05) is 18.2 Å². The molecule has 0 bridgehead atoms. The number of rotatable bonds is 4. The van der Waals surface area contributed by atoms with Crippen molar-refractivity contribution in [1.82, 2.24) is 5.32 Å². The summed E-state index contributed by atoms with van der Waals surface area (Å²) in [5, 5.41) is 13.3. The monoisotopic (exact) mass is 279 g/mol. The van der Waals surface area contributed by atoms with Crippen molar-refractivity contribution in [2.24, 2.45) is 0 Å². The van der Waals surface area contributed by atoms with Crippen LogP contribution in [0.2, 0.25) is 5.02 Å². The van der Waals surface area contributed by atoms with Crippen LogP contribution >= 0.6 is 11.6 Å². The van der Waals surface area contributed by atoms with E-state index in [9.17, 15) is 9.50 Å². The van der Waals surface area contributed by atoms with E-state index >= 15 is 0 Å². The first kappa shape index (κ1) is 13.8. The Balaban J connectivity index is 2.04. The molecule has 2 N–H and O–H groups in total. The SMILES string of the molecule is C[C@@H](NCc1cccc(Cl)c1O)c1cccc(F)c1. The Hall–Kier alpha value is -1.58. The summed E-state index contributed by atoms with van der Waals surface area (Å²) in [6, 6.07) is 11.6. The molecule has 2 nitrogen and oxygen atoms in total. The quantitative estimate of drug-likeness (QED) is 0.885. The average molecular weight is 280 g/mol. The van der Waals surface area contributed by atoms with Gasteiger partial charge in [-0.1, -0.05) is 35.9 Å². The molecule has 0 aliphatic rings. The van der Waals surface area contributed by atoms with Gasteiger partial charge in [-0.25, -0.2) is 4.39 Å². The lowest BCUT2D eigenvalue weighted by atomic mass is 10.1. The molecule has 0 aliphatic carbocycles. The second kappa shape index (κ2) is 6.04. The number of phenolic OH excluding ortho intramolecular Hbond substituents is 1. The molecule has 0 saturated carbocycles. The lowest BCUT2D eigenvalue weighted by Crippen LogP contribution is -2.18. The zero-order valence-corrected chi connectivity index (χ0v) is 11.3. The van der Waals surface area contributed by atoms with Crippen LogP contribution in [0.3, 0.4) is 0 Å². The van der Waals surface area contributed by atoms with Crippen LogP contribution in [0.4, 0.5) is 4.39 Å². The van der Waals surface area contributed by atoms with E-state index in [4.69, 9.17) is 11.6 Å². The van der Waals surface area contributed by atoms with E-state index in [1.54, 1.807) is 24.3 Å². The number of halogens is 2. The van der Waals surface area contributed by atoms with Crippen LogP contribution in [0.5, 0.6) is 5.75 Å². The third-order valence-corrected chi connectivity index (χ3v) is 3.32. The van der Waals surface area contributed by atoms with Crippen LogP contribution in [0.15, 0.2) is 42.5 Å².